The van der Waals surface area contributed by atoms with E-state index in [4.69, 9.17) is 11.5 Å². The second kappa shape index (κ2) is 5.90. The summed E-state index contributed by atoms with van der Waals surface area (Å²) in [6, 6.07) is 5.16. The summed E-state index contributed by atoms with van der Waals surface area (Å²) >= 11 is 0. The molecule has 1 aliphatic carbocycles. The minimum Gasteiger partial charge on any atom is -0.366 e. The van der Waals surface area contributed by atoms with E-state index >= 15 is 0 Å². The zero-order chi connectivity index (χ0) is 14.8. The summed E-state index contributed by atoms with van der Waals surface area (Å²) in [5, 5.41) is 0. The van der Waals surface area contributed by atoms with Crippen LogP contribution < -0.4 is 16.2 Å². The quantitative estimate of drug-likeness (QED) is 0.743. The lowest BCUT2D eigenvalue weighted by molar-refractivity contribution is 0.1000. The highest BCUT2D eigenvalue weighted by Gasteiger charge is 2.27. The van der Waals surface area contributed by atoms with Crippen molar-refractivity contribution in [3.63, 3.8) is 0 Å². The van der Waals surface area contributed by atoms with Crippen molar-refractivity contribution in [1.29, 1.82) is 0 Å². The fourth-order valence-electron chi connectivity index (χ4n) is 2.37. The summed E-state index contributed by atoms with van der Waals surface area (Å²) in [4.78, 5) is 11.1. The van der Waals surface area contributed by atoms with Crippen molar-refractivity contribution in [2.24, 2.45) is 11.5 Å². The van der Waals surface area contributed by atoms with Crippen LogP contribution in [-0.2, 0) is 10.0 Å². The lowest BCUT2D eigenvalue weighted by Crippen LogP contribution is -2.49. The molecule has 0 aliphatic heterocycles. The van der Waals surface area contributed by atoms with Crippen molar-refractivity contribution in [2.45, 2.75) is 42.7 Å². The zero-order valence-electron chi connectivity index (χ0n) is 11.1. The molecule has 110 valence electrons. The first-order chi connectivity index (χ1) is 9.40. The molecular weight excluding hydrogens is 278 g/mol. The van der Waals surface area contributed by atoms with E-state index in [0.29, 0.717) is 0 Å². The van der Waals surface area contributed by atoms with E-state index < -0.39 is 15.9 Å². The van der Waals surface area contributed by atoms with Gasteiger partial charge in [-0.2, -0.15) is 0 Å². The Morgan fingerprint density at radius 2 is 1.75 bits per heavy atom. The molecule has 20 heavy (non-hydrogen) atoms. The highest BCUT2D eigenvalue weighted by Crippen LogP contribution is 2.19. The number of carbonyl (C=O) groups is 1. The van der Waals surface area contributed by atoms with Crippen LogP contribution in [0.15, 0.2) is 29.2 Å². The largest absolute Gasteiger partial charge is 0.366 e. The third kappa shape index (κ3) is 3.36. The number of amides is 1. The molecule has 0 heterocycles. The van der Waals surface area contributed by atoms with Gasteiger partial charge in [0, 0.05) is 17.6 Å². The molecule has 1 aromatic rings. The van der Waals surface area contributed by atoms with Gasteiger partial charge in [0.25, 0.3) is 0 Å². The summed E-state index contributed by atoms with van der Waals surface area (Å²) in [6.45, 7) is 0. The summed E-state index contributed by atoms with van der Waals surface area (Å²) in [7, 11) is -3.62. The molecule has 1 saturated carbocycles. The number of rotatable bonds is 4. The minimum atomic E-state index is -3.62. The lowest BCUT2D eigenvalue weighted by atomic mass is 9.92. The molecule has 2 rings (SSSR count). The van der Waals surface area contributed by atoms with Gasteiger partial charge in [0.05, 0.1) is 4.90 Å². The van der Waals surface area contributed by atoms with Gasteiger partial charge in [-0.3, -0.25) is 4.79 Å². The number of nitrogens with one attached hydrogen (secondary N) is 1. The molecule has 0 aromatic heterocycles. The molecule has 1 aromatic carbocycles. The highest BCUT2D eigenvalue weighted by atomic mass is 32.2. The van der Waals surface area contributed by atoms with Crippen LogP contribution in [0.4, 0.5) is 0 Å². The first kappa shape index (κ1) is 15.0. The van der Waals surface area contributed by atoms with E-state index in [1.807, 2.05) is 0 Å². The van der Waals surface area contributed by atoms with E-state index in [0.717, 1.165) is 25.7 Å². The van der Waals surface area contributed by atoms with Gasteiger partial charge in [0.1, 0.15) is 0 Å². The second-order valence-corrected chi connectivity index (χ2v) is 6.78. The third-order valence-corrected chi connectivity index (χ3v) is 5.08. The third-order valence-electron chi connectivity index (χ3n) is 3.58. The van der Waals surface area contributed by atoms with Gasteiger partial charge >= 0.3 is 0 Å². The fourth-order valence-corrected chi connectivity index (χ4v) is 3.69. The van der Waals surface area contributed by atoms with Gasteiger partial charge in [0.2, 0.25) is 15.9 Å². The highest BCUT2D eigenvalue weighted by molar-refractivity contribution is 7.89. The molecule has 2 atom stereocenters. The Hall–Kier alpha value is -1.44. The van der Waals surface area contributed by atoms with Gasteiger partial charge in [-0.1, -0.05) is 12.8 Å². The van der Waals surface area contributed by atoms with E-state index in [2.05, 4.69) is 4.72 Å². The van der Waals surface area contributed by atoms with Crippen LogP contribution in [0.5, 0.6) is 0 Å². The average molecular weight is 297 g/mol. The van der Waals surface area contributed by atoms with Crippen LogP contribution >= 0.6 is 0 Å². The van der Waals surface area contributed by atoms with Crippen molar-refractivity contribution in [3.05, 3.63) is 29.8 Å². The molecule has 6 nitrogen and oxygen atoms in total. The number of benzene rings is 1. The maximum atomic E-state index is 12.2. The number of carbonyl (C=O) groups excluding carboxylic acids is 1. The maximum absolute atomic E-state index is 12.2. The molecule has 2 unspecified atom stereocenters. The Morgan fingerprint density at radius 3 is 2.30 bits per heavy atom. The number of sulfonamides is 1. The molecule has 0 saturated heterocycles. The molecule has 0 radical (unpaired) electrons. The predicted octanol–water partition coefficient (Wildman–Crippen LogP) is 0.334. The first-order valence-electron chi connectivity index (χ1n) is 6.58. The monoisotopic (exact) mass is 297 g/mol. The minimum absolute atomic E-state index is 0.111. The molecule has 7 heteroatoms. The molecule has 0 spiro atoms. The molecule has 1 fully saturated rings. The van der Waals surface area contributed by atoms with Crippen LogP contribution in [0.1, 0.15) is 36.0 Å². The van der Waals surface area contributed by atoms with Crippen molar-refractivity contribution in [2.75, 3.05) is 0 Å². The fraction of sp³-hybridized carbons (Fsp3) is 0.462. The summed E-state index contributed by atoms with van der Waals surface area (Å²) in [5.74, 6) is -0.587. The van der Waals surface area contributed by atoms with E-state index in [1.165, 1.54) is 24.3 Å². The van der Waals surface area contributed by atoms with Crippen molar-refractivity contribution in [3.8, 4) is 0 Å². The predicted molar refractivity (Wildman–Crippen MR) is 75.5 cm³/mol. The number of primary amides is 1. The van der Waals surface area contributed by atoms with Gasteiger partial charge in [0.15, 0.2) is 0 Å². The summed E-state index contributed by atoms with van der Waals surface area (Å²) in [6.07, 6.45) is 3.59. The molecule has 5 N–H and O–H groups in total. The SMILES string of the molecule is NC(=O)c1ccc(S(=O)(=O)NC2CCCCC2N)cc1. The van der Waals surface area contributed by atoms with Crippen molar-refractivity contribution < 1.29 is 13.2 Å². The molecule has 1 aliphatic rings. The van der Waals surface area contributed by atoms with Crippen LogP contribution in [0.2, 0.25) is 0 Å². The second-order valence-electron chi connectivity index (χ2n) is 5.06. The van der Waals surface area contributed by atoms with Crippen molar-refractivity contribution in [1.82, 2.24) is 4.72 Å². The molecular formula is C13H19N3O3S. The van der Waals surface area contributed by atoms with Crippen LogP contribution in [0, 0.1) is 0 Å². The first-order valence-corrected chi connectivity index (χ1v) is 8.06. The van der Waals surface area contributed by atoms with Crippen LogP contribution in [0.3, 0.4) is 0 Å². The topological polar surface area (TPSA) is 115 Å². The zero-order valence-corrected chi connectivity index (χ0v) is 11.9. The average Bonchev–Trinajstić information content (AvgIpc) is 2.41. The van der Waals surface area contributed by atoms with Crippen LogP contribution in [-0.4, -0.2) is 26.4 Å². The van der Waals surface area contributed by atoms with Gasteiger partial charge in [-0.15, -0.1) is 0 Å². The van der Waals surface area contributed by atoms with Gasteiger partial charge in [-0.05, 0) is 37.1 Å². The smallest absolute Gasteiger partial charge is 0.248 e. The normalized spacial score (nSPS) is 23.4. The van der Waals surface area contributed by atoms with E-state index in [9.17, 15) is 13.2 Å². The Labute approximate surface area is 118 Å². The Bertz CT molecular complexity index is 583. The van der Waals surface area contributed by atoms with Gasteiger partial charge in [-0.25, -0.2) is 13.1 Å². The molecule has 1 amide bonds. The van der Waals surface area contributed by atoms with E-state index in [-0.39, 0.29) is 22.5 Å². The maximum Gasteiger partial charge on any atom is 0.248 e. The van der Waals surface area contributed by atoms with Crippen molar-refractivity contribution >= 4 is 15.9 Å². The summed E-state index contributed by atoms with van der Waals surface area (Å²) < 4.78 is 27.1. The van der Waals surface area contributed by atoms with Crippen LogP contribution in [0.25, 0.3) is 0 Å². The number of nitrogens with two attached hydrogens (primary N) is 2. The standard InChI is InChI=1S/C13H19N3O3S/c14-11-3-1-2-4-12(11)16-20(18,19)10-7-5-9(6-8-10)13(15)17/h5-8,11-12,16H,1-4,14H2,(H2,15,17). The Balaban J connectivity index is 2.15. The van der Waals surface area contributed by atoms with Gasteiger partial charge < -0.3 is 11.5 Å². The van der Waals surface area contributed by atoms with E-state index in [1.54, 1.807) is 0 Å². The lowest BCUT2D eigenvalue weighted by Gasteiger charge is -2.29. The Morgan fingerprint density at radius 1 is 1.15 bits per heavy atom. The number of hydrogen-bond donors (Lipinski definition) is 3. The Kier molecular flexibility index (Phi) is 4.42. The molecule has 0 bridgehead atoms. The number of hydrogen-bond acceptors (Lipinski definition) is 4. The summed E-state index contributed by atoms with van der Waals surface area (Å²) in [5.41, 5.74) is 11.3.